The number of nitrogens with zero attached hydrogens (tertiary/aromatic N) is 1. The van der Waals surface area contributed by atoms with Gasteiger partial charge in [0, 0.05) is 37.7 Å². The lowest BCUT2D eigenvalue weighted by Gasteiger charge is -2.12. The van der Waals surface area contributed by atoms with Gasteiger partial charge in [-0.2, -0.15) is 0 Å². The fourth-order valence-electron chi connectivity index (χ4n) is 2.38. The number of carbonyl (C=O) groups excluding carboxylic acids is 1. The van der Waals surface area contributed by atoms with E-state index in [0.29, 0.717) is 12.3 Å². The second-order valence-electron chi connectivity index (χ2n) is 4.44. The lowest BCUT2D eigenvalue weighted by molar-refractivity contribution is -0.140. The van der Waals surface area contributed by atoms with Crippen molar-refractivity contribution in [3.05, 3.63) is 23.8 Å². The standard InChI is InChI=1S/C13H17NO3.ClH/c1-14-8-9(3-6-13(16)17-2)11-5-4-10(15)7-12(11)14;/h4-5,7,9,15H,3,6,8H2,1-2H3;1H. The summed E-state index contributed by atoms with van der Waals surface area (Å²) in [7, 11) is 3.41. The molecule has 0 saturated heterocycles. The number of likely N-dealkylation sites (N-methyl/N-ethyl adjacent to an activating group) is 1. The molecule has 1 N–H and O–H groups in total. The van der Waals surface area contributed by atoms with Crippen LogP contribution in [0.3, 0.4) is 0 Å². The summed E-state index contributed by atoms with van der Waals surface area (Å²) in [5, 5.41) is 9.46. The average Bonchev–Trinajstić information content (AvgIpc) is 2.63. The third-order valence-electron chi connectivity index (χ3n) is 3.28. The molecule has 2 rings (SSSR count). The Labute approximate surface area is 113 Å². The molecule has 1 atom stereocenters. The molecule has 0 radical (unpaired) electrons. The van der Waals surface area contributed by atoms with Gasteiger partial charge in [0.2, 0.25) is 0 Å². The van der Waals surface area contributed by atoms with E-state index in [4.69, 9.17) is 0 Å². The summed E-state index contributed by atoms with van der Waals surface area (Å²) in [5.74, 6) is 0.457. The Balaban J connectivity index is 0.00000162. The number of phenolic OH excluding ortho intramolecular Hbond substituents is 1. The Kier molecular flexibility index (Phi) is 4.84. The molecule has 4 nitrogen and oxygen atoms in total. The first-order chi connectivity index (χ1) is 8.11. The summed E-state index contributed by atoms with van der Waals surface area (Å²) in [4.78, 5) is 13.2. The quantitative estimate of drug-likeness (QED) is 0.857. The van der Waals surface area contributed by atoms with Crippen molar-refractivity contribution in [1.29, 1.82) is 0 Å². The zero-order chi connectivity index (χ0) is 12.4. The predicted octanol–water partition coefficient (Wildman–Crippen LogP) is 2.30. The van der Waals surface area contributed by atoms with Gasteiger partial charge in [-0.3, -0.25) is 4.79 Å². The van der Waals surface area contributed by atoms with Gasteiger partial charge >= 0.3 is 5.97 Å². The summed E-state index contributed by atoms with van der Waals surface area (Å²) in [6, 6.07) is 5.41. The van der Waals surface area contributed by atoms with Crippen LogP contribution in [0.25, 0.3) is 0 Å². The number of phenols is 1. The summed E-state index contributed by atoms with van der Waals surface area (Å²) < 4.78 is 4.65. The molecule has 0 bridgehead atoms. The van der Waals surface area contributed by atoms with Crippen molar-refractivity contribution in [2.75, 3.05) is 25.6 Å². The van der Waals surface area contributed by atoms with Crippen LogP contribution < -0.4 is 4.90 Å². The van der Waals surface area contributed by atoms with Crippen molar-refractivity contribution in [2.24, 2.45) is 0 Å². The van der Waals surface area contributed by atoms with E-state index in [9.17, 15) is 9.90 Å². The van der Waals surface area contributed by atoms with Crippen LogP contribution in [0, 0.1) is 0 Å². The van der Waals surface area contributed by atoms with Crippen molar-refractivity contribution in [1.82, 2.24) is 0 Å². The molecule has 1 aromatic rings. The normalized spacial score (nSPS) is 17.0. The first-order valence-corrected chi connectivity index (χ1v) is 5.72. The van der Waals surface area contributed by atoms with Gasteiger partial charge in [-0.1, -0.05) is 6.07 Å². The van der Waals surface area contributed by atoms with Gasteiger partial charge in [-0.15, -0.1) is 12.4 Å². The smallest absolute Gasteiger partial charge is 0.305 e. The minimum Gasteiger partial charge on any atom is -0.508 e. The number of benzene rings is 1. The number of carbonyl (C=O) groups is 1. The number of esters is 1. The monoisotopic (exact) mass is 271 g/mol. The van der Waals surface area contributed by atoms with Crippen molar-refractivity contribution in [2.45, 2.75) is 18.8 Å². The van der Waals surface area contributed by atoms with Crippen LogP contribution in [0.15, 0.2) is 18.2 Å². The van der Waals surface area contributed by atoms with E-state index in [-0.39, 0.29) is 24.1 Å². The highest BCUT2D eigenvalue weighted by atomic mass is 35.5. The maximum absolute atomic E-state index is 11.1. The van der Waals surface area contributed by atoms with Gasteiger partial charge in [0.25, 0.3) is 0 Å². The molecule has 5 heteroatoms. The van der Waals surface area contributed by atoms with E-state index >= 15 is 0 Å². The molecule has 1 aliphatic rings. The van der Waals surface area contributed by atoms with E-state index in [1.54, 1.807) is 12.1 Å². The number of methoxy groups -OCH3 is 1. The largest absolute Gasteiger partial charge is 0.508 e. The first kappa shape index (κ1) is 14.6. The molecule has 1 heterocycles. The topological polar surface area (TPSA) is 49.8 Å². The third kappa shape index (κ3) is 2.88. The van der Waals surface area contributed by atoms with Crippen LogP contribution in [0.4, 0.5) is 5.69 Å². The van der Waals surface area contributed by atoms with Crippen molar-refractivity contribution < 1.29 is 14.6 Å². The minimum atomic E-state index is -0.167. The second-order valence-corrected chi connectivity index (χ2v) is 4.44. The fraction of sp³-hybridized carbons (Fsp3) is 0.462. The molecule has 0 fully saturated rings. The predicted molar refractivity (Wildman–Crippen MR) is 72.6 cm³/mol. The molecule has 1 aliphatic heterocycles. The minimum absolute atomic E-state index is 0. The highest BCUT2D eigenvalue weighted by molar-refractivity contribution is 5.85. The Morgan fingerprint density at radius 3 is 2.94 bits per heavy atom. The number of ether oxygens (including phenoxy) is 1. The molecule has 1 unspecified atom stereocenters. The lowest BCUT2D eigenvalue weighted by atomic mass is 9.96. The summed E-state index contributed by atoms with van der Waals surface area (Å²) in [6.07, 6.45) is 1.23. The molecule has 0 aliphatic carbocycles. The molecule has 0 spiro atoms. The van der Waals surface area contributed by atoms with Crippen LogP contribution in [-0.2, 0) is 9.53 Å². The fourth-order valence-corrected chi connectivity index (χ4v) is 2.38. The van der Waals surface area contributed by atoms with Gasteiger partial charge in [0.05, 0.1) is 7.11 Å². The highest BCUT2D eigenvalue weighted by Crippen LogP contribution is 2.39. The van der Waals surface area contributed by atoms with Crippen molar-refractivity contribution in [3.63, 3.8) is 0 Å². The van der Waals surface area contributed by atoms with Gasteiger partial charge in [-0.25, -0.2) is 0 Å². The van der Waals surface area contributed by atoms with Crippen LogP contribution >= 0.6 is 12.4 Å². The van der Waals surface area contributed by atoms with E-state index in [0.717, 1.165) is 18.7 Å². The second kappa shape index (κ2) is 5.96. The zero-order valence-corrected chi connectivity index (χ0v) is 11.4. The maximum atomic E-state index is 11.1. The molecular weight excluding hydrogens is 254 g/mol. The van der Waals surface area contributed by atoms with Gasteiger partial charge in [-0.05, 0) is 18.1 Å². The lowest BCUT2D eigenvalue weighted by Crippen LogP contribution is -2.16. The number of halogens is 1. The summed E-state index contributed by atoms with van der Waals surface area (Å²) in [5.41, 5.74) is 2.26. The van der Waals surface area contributed by atoms with Gasteiger partial charge in [0.1, 0.15) is 5.75 Å². The molecule has 0 amide bonds. The van der Waals surface area contributed by atoms with Gasteiger partial charge < -0.3 is 14.7 Å². The average molecular weight is 272 g/mol. The molecule has 0 saturated carbocycles. The maximum Gasteiger partial charge on any atom is 0.305 e. The first-order valence-electron chi connectivity index (χ1n) is 5.72. The van der Waals surface area contributed by atoms with Crippen molar-refractivity contribution in [3.8, 4) is 5.75 Å². The van der Waals surface area contributed by atoms with E-state index in [1.165, 1.54) is 12.7 Å². The number of aromatic hydroxyl groups is 1. The van der Waals surface area contributed by atoms with E-state index in [2.05, 4.69) is 9.64 Å². The number of fused-ring (bicyclic) bond motifs is 1. The van der Waals surface area contributed by atoms with Crippen LogP contribution in [0.5, 0.6) is 5.75 Å². The zero-order valence-electron chi connectivity index (χ0n) is 10.5. The molecule has 1 aromatic carbocycles. The summed E-state index contributed by atoms with van der Waals surface area (Å²) >= 11 is 0. The molecule has 100 valence electrons. The van der Waals surface area contributed by atoms with E-state index in [1.807, 2.05) is 13.1 Å². The van der Waals surface area contributed by atoms with E-state index < -0.39 is 0 Å². The number of hydrogen-bond acceptors (Lipinski definition) is 4. The van der Waals surface area contributed by atoms with Crippen LogP contribution in [-0.4, -0.2) is 31.8 Å². The third-order valence-corrected chi connectivity index (χ3v) is 3.28. The Hall–Kier alpha value is -1.42. The highest BCUT2D eigenvalue weighted by Gasteiger charge is 2.26. The number of hydrogen-bond donors (Lipinski definition) is 1. The Bertz CT molecular complexity index is 436. The van der Waals surface area contributed by atoms with Crippen LogP contribution in [0.1, 0.15) is 24.3 Å². The Morgan fingerprint density at radius 1 is 1.56 bits per heavy atom. The molecule has 0 aromatic heterocycles. The molecule has 18 heavy (non-hydrogen) atoms. The number of anilines is 1. The Morgan fingerprint density at radius 2 is 2.28 bits per heavy atom. The van der Waals surface area contributed by atoms with Crippen LogP contribution in [0.2, 0.25) is 0 Å². The SMILES string of the molecule is COC(=O)CCC1CN(C)c2cc(O)ccc21.Cl. The molecular formula is C13H18ClNO3. The van der Waals surface area contributed by atoms with Crippen molar-refractivity contribution >= 4 is 24.1 Å². The summed E-state index contributed by atoms with van der Waals surface area (Å²) in [6.45, 7) is 0.885. The number of rotatable bonds is 3. The van der Waals surface area contributed by atoms with Gasteiger partial charge in [0.15, 0.2) is 0 Å².